The number of hydrogen-bond acceptors (Lipinski definition) is 9. The molecule has 0 fully saturated rings. The summed E-state index contributed by atoms with van der Waals surface area (Å²) in [6.45, 7) is 8.46. The molecule has 0 saturated carbocycles. The Labute approximate surface area is 230 Å². The van der Waals surface area contributed by atoms with Gasteiger partial charge in [0.1, 0.15) is 22.6 Å². The third-order valence-electron chi connectivity index (χ3n) is 5.13. The summed E-state index contributed by atoms with van der Waals surface area (Å²) in [6.07, 6.45) is -0.158. The lowest BCUT2D eigenvalue weighted by Crippen LogP contribution is -2.40. The lowest BCUT2D eigenvalue weighted by molar-refractivity contribution is -0.385. The Morgan fingerprint density at radius 2 is 1.52 bits per heavy atom. The topological polar surface area (TPSA) is 150 Å². The quantitative estimate of drug-likeness (QED) is 0.142. The standard InChI is InChI=1S/C24H29F3N2O9S2/c1-7-11-39(33,34)29(40(35,36)12-8-2)17-13-15(25)20(26)22(21(17)27)37-18-10-9-16(28(31)32)19(14(18)3)23(30)38-24(4,5)6/h9-10,13H,7-8,11-12H2,1-6H3. The monoisotopic (exact) mass is 610 g/mol. The predicted molar refractivity (Wildman–Crippen MR) is 140 cm³/mol. The number of nitrogens with zero attached hydrogens (tertiary/aromatic N) is 2. The molecule has 0 aliphatic heterocycles. The average Bonchev–Trinajstić information content (AvgIpc) is 2.79. The molecule has 0 unspecified atom stereocenters. The van der Waals surface area contributed by atoms with Crippen LogP contribution >= 0.6 is 0 Å². The highest BCUT2D eigenvalue weighted by atomic mass is 32.3. The van der Waals surface area contributed by atoms with Crippen LogP contribution in [0.1, 0.15) is 63.4 Å². The fourth-order valence-corrected chi connectivity index (χ4v) is 7.64. The molecule has 40 heavy (non-hydrogen) atoms. The van der Waals surface area contributed by atoms with Crippen molar-refractivity contribution in [3.63, 3.8) is 0 Å². The number of ether oxygens (including phenoxy) is 2. The number of nitro benzene ring substituents is 1. The number of nitro groups is 1. The first-order chi connectivity index (χ1) is 18.3. The molecule has 0 heterocycles. The second-order valence-corrected chi connectivity index (χ2v) is 13.7. The number of benzene rings is 2. The maximum Gasteiger partial charge on any atom is 0.346 e. The molecule has 0 N–H and O–H groups in total. The van der Waals surface area contributed by atoms with Crippen molar-refractivity contribution in [3.8, 4) is 11.5 Å². The highest BCUT2D eigenvalue weighted by Crippen LogP contribution is 2.40. The van der Waals surface area contributed by atoms with Crippen molar-refractivity contribution in [1.29, 1.82) is 0 Å². The van der Waals surface area contributed by atoms with Gasteiger partial charge in [0.15, 0.2) is 11.6 Å². The van der Waals surface area contributed by atoms with Gasteiger partial charge >= 0.3 is 5.97 Å². The average molecular weight is 611 g/mol. The van der Waals surface area contributed by atoms with E-state index < -0.39 is 93.9 Å². The Balaban J connectivity index is 2.83. The van der Waals surface area contributed by atoms with Crippen molar-refractivity contribution in [3.05, 3.63) is 56.9 Å². The molecule has 2 rings (SSSR count). The number of carbonyl (C=O) groups excluding carboxylic acids is 1. The predicted octanol–water partition coefficient (Wildman–Crippen LogP) is 5.35. The van der Waals surface area contributed by atoms with Crippen molar-refractivity contribution >= 4 is 37.4 Å². The van der Waals surface area contributed by atoms with Crippen LogP contribution in [-0.4, -0.2) is 44.8 Å². The summed E-state index contributed by atoms with van der Waals surface area (Å²) in [4.78, 5) is 23.4. The fourth-order valence-electron chi connectivity index (χ4n) is 3.58. The highest BCUT2D eigenvalue weighted by Gasteiger charge is 2.38. The molecule has 11 nitrogen and oxygen atoms in total. The summed E-state index contributed by atoms with van der Waals surface area (Å²) in [5, 5.41) is 11.5. The Morgan fingerprint density at radius 3 is 1.98 bits per heavy atom. The van der Waals surface area contributed by atoms with E-state index in [1.807, 2.05) is 0 Å². The van der Waals surface area contributed by atoms with Gasteiger partial charge < -0.3 is 9.47 Å². The van der Waals surface area contributed by atoms with Crippen molar-refractivity contribution in [1.82, 2.24) is 0 Å². The molecule has 0 bridgehead atoms. The van der Waals surface area contributed by atoms with Crippen molar-refractivity contribution < 1.29 is 49.2 Å². The van der Waals surface area contributed by atoms with Gasteiger partial charge in [-0.05, 0) is 46.6 Å². The molecule has 0 saturated heterocycles. The van der Waals surface area contributed by atoms with Crippen LogP contribution < -0.4 is 8.45 Å². The number of anilines is 1. The minimum Gasteiger partial charge on any atom is -0.456 e. The molecule has 222 valence electrons. The lowest BCUT2D eigenvalue weighted by atomic mass is 10.0. The van der Waals surface area contributed by atoms with Crippen LogP contribution in [0.15, 0.2) is 18.2 Å². The van der Waals surface area contributed by atoms with E-state index in [1.54, 1.807) is 0 Å². The number of halogens is 3. The van der Waals surface area contributed by atoms with E-state index in [0.717, 1.165) is 19.1 Å². The van der Waals surface area contributed by atoms with Gasteiger partial charge in [0.25, 0.3) is 5.69 Å². The van der Waals surface area contributed by atoms with Gasteiger partial charge in [0.05, 0.1) is 16.4 Å². The van der Waals surface area contributed by atoms with E-state index >= 15 is 4.39 Å². The van der Waals surface area contributed by atoms with Crippen LogP contribution in [0.4, 0.5) is 24.5 Å². The number of carbonyl (C=O) groups is 1. The molecule has 16 heteroatoms. The van der Waals surface area contributed by atoms with Crippen LogP contribution in [0.5, 0.6) is 11.5 Å². The van der Waals surface area contributed by atoms with E-state index in [1.165, 1.54) is 34.6 Å². The summed E-state index contributed by atoms with van der Waals surface area (Å²) >= 11 is 0. The van der Waals surface area contributed by atoms with Crippen molar-refractivity contribution in [2.75, 3.05) is 15.2 Å². The van der Waals surface area contributed by atoms with Gasteiger partial charge in [-0.15, -0.1) is 0 Å². The first-order valence-electron chi connectivity index (χ1n) is 11.9. The van der Waals surface area contributed by atoms with Crippen LogP contribution in [-0.2, 0) is 24.8 Å². The van der Waals surface area contributed by atoms with Gasteiger partial charge in [-0.3, -0.25) is 10.1 Å². The van der Waals surface area contributed by atoms with E-state index in [9.17, 15) is 40.5 Å². The van der Waals surface area contributed by atoms with E-state index in [2.05, 4.69) is 0 Å². The van der Waals surface area contributed by atoms with Crippen LogP contribution in [0.2, 0.25) is 0 Å². The first kappa shape index (κ1) is 32.8. The summed E-state index contributed by atoms with van der Waals surface area (Å²) in [5.41, 5.74) is -4.08. The normalized spacial score (nSPS) is 12.2. The maximum absolute atomic E-state index is 15.7. The zero-order valence-electron chi connectivity index (χ0n) is 22.6. The van der Waals surface area contributed by atoms with Gasteiger partial charge in [0.2, 0.25) is 31.6 Å². The second-order valence-electron chi connectivity index (χ2n) is 9.61. The van der Waals surface area contributed by atoms with Crippen molar-refractivity contribution in [2.45, 2.75) is 60.0 Å². The molecule has 0 aliphatic carbocycles. The van der Waals surface area contributed by atoms with Crippen LogP contribution in [0, 0.1) is 34.5 Å². The SMILES string of the molecule is CCCS(=O)(=O)N(c1cc(F)c(F)c(Oc2ccc([N+](=O)[O-])c(C(=O)OC(C)(C)C)c2C)c1F)S(=O)(=O)CCC. The zero-order valence-corrected chi connectivity index (χ0v) is 24.2. The van der Waals surface area contributed by atoms with Crippen LogP contribution in [0.3, 0.4) is 0 Å². The first-order valence-corrected chi connectivity index (χ1v) is 15.1. The van der Waals surface area contributed by atoms with Gasteiger partial charge in [-0.1, -0.05) is 13.8 Å². The summed E-state index contributed by atoms with van der Waals surface area (Å²) < 4.78 is 107. The lowest BCUT2D eigenvalue weighted by Gasteiger charge is -2.25. The van der Waals surface area contributed by atoms with E-state index in [0.29, 0.717) is 0 Å². The largest absolute Gasteiger partial charge is 0.456 e. The summed E-state index contributed by atoms with van der Waals surface area (Å²) in [5.74, 6) is -10.4. The Morgan fingerprint density at radius 1 is 1.00 bits per heavy atom. The van der Waals surface area contributed by atoms with Gasteiger partial charge in [0, 0.05) is 17.7 Å². The van der Waals surface area contributed by atoms with Crippen LogP contribution in [0.25, 0.3) is 0 Å². The van der Waals surface area contributed by atoms with Crippen molar-refractivity contribution in [2.24, 2.45) is 0 Å². The number of rotatable bonds is 11. The molecule has 0 radical (unpaired) electrons. The second kappa shape index (κ2) is 12.0. The summed E-state index contributed by atoms with van der Waals surface area (Å²) in [7, 11) is -9.56. The highest BCUT2D eigenvalue weighted by molar-refractivity contribution is 8.10. The van der Waals surface area contributed by atoms with E-state index in [-0.39, 0.29) is 28.2 Å². The molecular formula is C24H29F3N2O9S2. The molecule has 0 spiro atoms. The molecule has 0 amide bonds. The molecule has 2 aromatic carbocycles. The Bertz CT molecular complexity index is 1500. The molecule has 0 atom stereocenters. The molecular weight excluding hydrogens is 581 g/mol. The third kappa shape index (κ3) is 7.02. The number of hydrogen-bond donors (Lipinski definition) is 0. The molecule has 2 aromatic rings. The number of sulfonamides is 2. The fraction of sp³-hybridized carbons (Fsp3) is 0.458. The third-order valence-corrected chi connectivity index (χ3v) is 9.74. The Hall–Kier alpha value is -3.40. The minimum atomic E-state index is -4.78. The smallest absolute Gasteiger partial charge is 0.346 e. The van der Waals surface area contributed by atoms with Gasteiger partial charge in [-0.2, -0.15) is 8.10 Å². The zero-order chi connectivity index (χ0) is 30.8. The maximum atomic E-state index is 15.7. The molecule has 0 aromatic heterocycles. The van der Waals surface area contributed by atoms with Gasteiger partial charge in [-0.25, -0.2) is 30.4 Å². The summed E-state index contributed by atoms with van der Waals surface area (Å²) in [6, 6.07) is 1.75. The molecule has 0 aliphatic rings. The number of esters is 1. The van der Waals surface area contributed by atoms with E-state index in [4.69, 9.17) is 9.47 Å². The Kier molecular flexibility index (Phi) is 9.84. The minimum absolute atomic E-state index is 0.0762.